The van der Waals surface area contributed by atoms with Crippen molar-refractivity contribution in [3.63, 3.8) is 0 Å². The molecule has 0 radical (unpaired) electrons. The molecule has 0 saturated carbocycles. The molecule has 2 aliphatic rings. The van der Waals surface area contributed by atoms with Crippen LogP contribution in [-0.2, 0) is 11.2 Å². The van der Waals surface area contributed by atoms with Crippen LogP contribution in [0.25, 0.3) is 0 Å². The van der Waals surface area contributed by atoms with Crippen molar-refractivity contribution in [1.29, 1.82) is 5.41 Å². The normalized spacial score (nSPS) is 17.9. The van der Waals surface area contributed by atoms with Gasteiger partial charge in [-0.1, -0.05) is 26.7 Å². The molecule has 34 heavy (non-hydrogen) atoms. The Bertz CT molecular complexity index is 824. The quantitative estimate of drug-likeness (QED) is 0.414. The minimum absolute atomic E-state index is 0. The number of amides is 1. The zero-order chi connectivity index (χ0) is 25.2. The summed E-state index contributed by atoms with van der Waals surface area (Å²) in [5, 5.41) is 20.1. The fraction of sp³-hybridized carbons (Fsp3) is 0.583. The molecule has 1 aromatic rings. The Morgan fingerprint density at radius 1 is 1.32 bits per heavy atom. The number of benzene rings is 1. The summed E-state index contributed by atoms with van der Waals surface area (Å²) in [6.45, 7) is 11.7. The van der Waals surface area contributed by atoms with Gasteiger partial charge in [0.2, 0.25) is 0 Å². The average Bonchev–Trinajstić information content (AvgIpc) is 2.89. The summed E-state index contributed by atoms with van der Waals surface area (Å²) in [5.41, 5.74) is 0.998. The molecule has 3 N–H and O–H groups in total. The van der Waals surface area contributed by atoms with Crippen LogP contribution in [0.5, 0.6) is 5.75 Å². The molecule has 1 saturated heterocycles. The number of nitrogens with one attached hydrogen (secondary N) is 2. The van der Waals surface area contributed by atoms with Gasteiger partial charge < -0.3 is 25.5 Å². The van der Waals surface area contributed by atoms with Crippen molar-refractivity contribution in [3.8, 4) is 5.75 Å². The van der Waals surface area contributed by atoms with Gasteiger partial charge in [0.05, 0.1) is 0 Å². The number of hydrogen-bond acceptors (Lipinski definition) is 5. The molecule has 0 spiro atoms. The van der Waals surface area contributed by atoms with E-state index in [1.54, 1.807) is 4.90 Å². The molecule has 2 aliphatic heterocycles. The van der Waals surface area contributed by atoms with Crippen molar-refractivity contribution in [2.24, 2.45) is 0 Å². The van der Waals surface area contributed by atoms with Crippen molar-refractivity contribution in [1.82, 2.24) is 10.2 Å². The molecular formula is C24H34F3N3NaO3-. The minimum atomic E-state index is -4.23. The number of aromatic hydroxyl groups is 1. The van der Waals surface area contributed by atoms with Gasteiger partial charge in [-0.25, -0.2) is 4.79 Å². The number of alkyl halides is 3. The van der Waals surface area contributed by atoms with Gasteiger partial charge in [0, 0.05) is 31.3 Å². The second-order valence-corrected chi connectivity index (χ2v) is 8.34. The zero-order valence-corrected chi connectivity index (χ0v) is 22.9. The number of carbonyl (C=O) groups excluding carboxylic acids is 1. The van der Waals surface area contributed by atoms with Crippen LogP contribution in [0.1, 0.15) is 53.0 Å². The van der Waals surface area contributed by atoms with Crippen molar-refractivity contribution in [2.45, 2.75) is 71.7 Å². The molecule has 1 atom stereocenters. The van der Waals surface area contributed by atoms with Crippen LogP contribution in [0.15, 0.2) is 23.8 Å². The largest absolute Gasteiger partial charge is 1.00 e. The van der Waals surface area contributed by atoms with Crippen molar-refractivity contribution >= 4 is 11.8 Å². The van der Waals surface area contributed by atoms with Crippen molar-refractivity contribution < 1.29 is 57.4 Å². The van der Waals surface area contributed by atoms with E-state index in [2.05, 4.69) is 17.5 Å². The van der Waals surface area contributed by atoms with Crippen LogP contribution >= 0.6 is 0 Å². The Morgan fingerprint density at radius 2 is 1.97 bits per heavy atom. The first-order valence-corrected chi connectivity index (χ1v) is 11.0. The smallest absolute Gasteiger partial charge is 0.534 e. The van der Waals surface area contributed by atoms with Gasteiger partial charge in [-0.3, -0.25) is 6.08 Å². The van der Waals surface area contributed by atoms with E-state index in [4.69, 9.17) is 15.3 Å². The summed E-state index contributed by atoms with van der Waals surface area (Å²) in [6.07, 6.45) is -0.914. The number of rotatable bonds is 1. The maximum Gasteiger partial charge on any atom is 1.00 e. The molecular weight excluding hydrogens is 458 g/mol. The third kappa shape index (κ3) is 11.7. The monoisotopic (exact) mass is 492 g/mol. The Kier molecular flexibility index (Phi) is 14.1. The van der Waals surface area contributed by atoms with E-state index < -0.39 is 18.2 Å². The number of phenols is 1. The van der Waals surface area contributed by atoms with E-state index in [1.165, 1.54) is 12.1 Å². The number of ether oxygens (including phenoxy) is 1. The van der Waals surface area contributed by atoms with Gasteiger partial charge in [-0.2, -0.15) is 30.9 Å². The molecule has 3 rings (SSSR count). The van der Waals surface area contributed by atoms with Gasteiger partial charge in [-0.05, 0) is 27.3 Å². The van der Waals surface area contributed by atoms with Crippen LogP contribution in [0.2, 0.25) is 0 Å². The average molecular weight is 493 g/mol. The first-order valence-electron chi connectivity index (χ1n) is 11.0. The summed E-state index contributed by atoms with van der Waals surface area (Å²) < 4.78 is 40.8. The number of halogens is 3. The Hall–Kier alpha value is -1.55. The first-order chi connectivity index (χ1) is 15.4. The van der Waals surface area contributed by atoms with Gasteiger partial charge in [0.1, 0.15) is 5.60 Å². The van der Waals surface area contributed by atoms with E-state index in [9.17, 15) is 18.0 Å². The van der Waals surface area contributed by atoms with E-state index in [0.717, 1.165) is 18.2 Å². The predicted molar refractivity (Wildman–Crippen MR) is 121 cm³/mol. The van der Waals surface area contributed by atoms with Crippen LogP contribution in [0.3, 0.4) is 0 Å². The molecule has 10 heteroatoms. The second-order valence-electron chi connectivity index (χ2n) is 8.34. The molecule has 0 aromatic heterocycles. The summed E-state index contributed by atoms with van der Waals surface area (Å²) in [6, 6.07) is 5.81. The molecule has 1 unspecified atom stereocenters. The summed E-state index contributed by atoms with van der Waals surface area (Å²) >= 11 is 0. The molecule has 1 fully saturated rings. The number of hydrogen-bond donors (Lipinski definition) is 3. The fourth-order valence-corrected chi connectivity index (χ4v) is 3.23. The standard InChI is InChI=1S/C14H22N3O2.C8H6F3O.C2H6.Na/c1-14(2,3)19-13(18)17-8-4-5-10-11(15)6-7-16-9-12(10)17;9-8(10,11)5-6-2-1-3-7(12)4-6;1-2;/h12,15-16H,4,6-9H2,1-3H3;1-2,4,12H,5H2;1-2H3;/q2*-1;;+1. The summed E-state index contributed by atoms with van der Waals surface area (Å²) in [5.74, 6) is -0.267. The number of nitrogens with zero attached hydrogens (tertiary/aromatic N) is 1. The van der Waals surface area contributed by atoms with Gasteiger partial charge >= 0.3 is 41.8 Å². The third-order valence-corrected chi connectivity index (χ3v) is 4.48. The van der Waals surface area contributed by atoms with E-state index in [-0.39, 0.29) is 53.0 Å². The topological polar surface area (TPSA) is 85.7 Å². The van der Waals surface area contributed by atoms with Crippen molar-refractivity contribution in [3.05, 3.63) is 41.5 Å². The fourth-order valence-electron chi connectivity index (χ4n) is 3.23. The molecule has 186 valence electrons. The second kappa shape index (κ2) is 14.8. The summed E-state index contributed by atoms with van der Waals surface area (Å²) in [7, 11) is 0. The van der Waals surface area contributed by atoms with E-state index in [0.29, 0.717) is 31.6 Å². The van der Waals surface area contributed by atoms with E-state index in [1.807, 2.05) is 34.6 Å². The predicted octanol–water partition coefficient (Wildman–Crippen LogP) is 2.07. The number of carbonyl (C=O) groups is 1. The maximum atomic E-state index is 12.3. The van der Waals surface area contributed by atoms with Crippen LogP contribution in [0.4, 0.5) is 18.0 Å². The van der Waals surface area contributed by atoms with Gasteiger partial charge in [-0.15, -0.1) is 23.4 Å². The van der Waals surface area contributed by atoms with Crippen molar-refractivity contribution in [2.75, 3.05) is 19.6 Å². The Balaban J connectivity index is 0.000000630. The molecule has 6 nitrogen and oxygen atoms in total. The molecule has 0 bridgehead atoms. The Labute approximate surface area is 222 Å². The molecule has 0 aliphatic carbocycles. The first kappa shape index (κ1) is 32.5. The zero-order valence-electron chi connectivity index (χ0n) is 20.9. The number of phenolic OH excluding ortho intramolecular Hbond substituents is 1. The van der Waals surface area contributed by atoms with Crippen LogP contribution in [0, 0.1) is 17.6 Å². The van der Waals surface area contributed by atoms with Crippen LogP contribution < -0.4 is 34.9 Å². The molecule has 2 heterocycles. The van der Waals surface area contributed by atoms with Crippen LogP contribution in [-0.4, -0.2) is 59.3 Å². The third-order valence-electron chi connectivity index (χ3n) is 4.48. The number of fused-ring (bicyclic) bond motifs is 1. The minimum Gasteiger partial charge on any atom is -0.534 e. The Morgan fingerprint density at radius 3 is 2.53 bits per heavy atom. The molecule has 1 amide bonds. The van der Waals surface area contributed by atoms with E-state index >= 15 is 0 Å². The SMILES string of the molecule is CC.CC(C)(C)OC(=O)N1CC[C-]=C2C(=N)CCNCC21.Oc1[c-]ccc(CC(F)(F)F)c1.[Na+]. The van der Waals surface area contributed by atoms with Gasteiger partial charge in [0.25, 0.3) is 0 Å². The van der Waals surface area contributed by atoms with Gasteiger partial charge in [0.15, 0.2) is 0 Å². The maximum absolute atomic E-state index is 12.3. The summed E-state index contributed by atoms with van der Waals surface area (Å²) in [4.78, 5) is 14.0. The molecule has 1 aromatic carbocycles.